The third kappa shape index (κ3) is 14.2. The van der Waals surface area contributed by atoms with E-state index in [1.165, 1.54) is 5.71 Å². The summed E-state index contributed by atoms with van der Waals surface area (Å²) in [5, 5.41) is 0. The smallest absolute Gasteiger partial charge is 0.306 e. The topological polar surface area (TPSA) is 58.9 Å². The largest absolute Gasteiger partial charge is 0.466 e. The number of benzene rings is 1. The molecule has 6 heteroatoms. The van der Waals surface area contributed by atoms with Gasteiger partial charge in [0.05, 0.1) is 19.6 Å². The van der Waals surface area contributed by atoms with Crippen molar-refractivity contribution in [3.63, 3.8) is 0 Å². The normalized spacial score (nSPS) is 13.4. The summed E-state index contributed by atoms with van der Waals surface area (Å²) in [5.41, 5.74) is 4.41. The predicted molar refractivity (Wildman–Crippen MR) is 184 cm³/mol. The molecular weight excluding hydrogens is 548 g/mol. The Balaban J connectivity index is 3.46. The van der Waals surface area contributed by atoms with Crippen molar-refractivity contribution in [2.24, 2.45) is 11.3 Å². The highest BCUT2D eigenvalue weighted by atomic mass is 16.5. The molecule has 1 rings (SSSR count). The average molecular weight is 606 g/mol. The lowest BCUT2D eigenvalue weighted by Gasteiger charge is -2.36. The van der Waals surface area contributed by atoms with E-state index in [4.69, 9.17) is 9.47 Å². The van der Waals surface area contributed by atoms with Gasteiger partial charge in [-0.3, -0.25) is 9.59 Å². The zero-order chi connectivity index (χ0) is 33.0. The van der Waals surface area contributed by atoms with Crippen LogP contribution in [0.25, 0.3) is 0 Å². The van der Waals surface area contributed by atoms with Crippen LogP contribution in [0.1, 0.15) is 87.5 Å². The number of esters is 2. The van der Waals surface area contributed by atoms with E-state index in [1.54, 1.807) is 6.08 Å². The first-order chi connectivity index (χ1) is 21.0. The van der Waals surface area contributed by atoms with Gasteiger partial charge in [0.15, 0.2) is 5.71 Å². The number of para-hydroxylation sites is 1. The molecule has 242 valence electrons. The van der Waals surface area contributed by atoms with Crippen LogP contribution in [0.15, 0.2) is 90.8 Å². The van der Waals surface area contributed by atoms with E-state index in [1.807, 2.05) is 39.0 Å². The molecule has 0 N–H and O–H groups in total. The fourth-order valence-corrected chi connectivity index (χ4v) is 4.94. The van der Waals surface area contributed by atoms with Crippen molar-refractivity contribution in [1.82, 2.24) is 4.90 Å². The molecule has 0 bridgehead atoms. The van der Waals surface area contributed by atoms with Crippen molar-refractivity contribution in [3.8, 4) is 0 Å². The van der Waals surface area contributed by atoms with Crippen molar-refractivity contribution >= 4 is 23.3 Å². The quantitative estimate of drug-likeness (QED) is 0.0682. The van der Waals surface area contributed by atoms with Crippen molar-refractivity contribution in [1.29, 1.82) is 0 Å². The van der Waals surface area contributed by atoms with Crippen LogP contribution in [0, 0.1) is 11.3 Å². The molecule has 0 saturated heterocycles. The molecular formula is C38H57N2O4+. The van der Waals surface area contributed by atoms with Crippen molar-refractivity contribution < 1.29 is 23.6 Å². The Morgan fingerprint density at radius 2 is 1.59 bits per heavy atom. The van der Waals surface area contributed by atoms with Crippen molar-refractivity contribution in [2.45, 2.75) is 87.5 Å². The first kappa shape index (κ1) is 38.4. The maximum atomic E-state index is 12.1. The minimum Gasteiger partial charge on any atom is -0.466 e. The minimum absolute atomic E-state index is 0.152. The van der Waals surface area contributed by atoms with Gasteiger partial charge in [-0.1, -0.05) is 83.7 Å². The molecule has 0 unspecified atom stereocenters. The third-order valence-electron chi connectivity index (χ3n) is 6.93. The molecule has 0 spiro atoms. The predicted octanol–water partition coefficient (Wildman–Crippen LogP) is 8.94. The molecule has 0 aromatic heterocycles. The number of carbonyl (C=O) groups excluding carboxylic acids is 2. The van der Waals surface area contributed by atoms with Crippen LogP contribution >= 0.6 is 0 Å². The van der Waals surface area contributed by atoms with Crippen LogP contribution in [-0.4, -0.2) is 53.4 Å². The lowest BCUT2D eigenvalue weighted by molar-refractivity contribution is -0.445. The van der Waals surface area contributed by atoms with Gasteiger partial charge in [-0.05, 0) is 45.4 Å². The Labute approximate surface area is 267 Å². The van der Waals surface area contributed by atoms with Crippen molar-refractivity contribution in [2.75, 3.05) is 26.3 Å². The Bertz CT molecular complexity index is 1180. The van der Waals surface area contributed by atoms with Crippen LogP contribution < -0.4 is 0 Å². The average Bonchev–Trinajstić information content (AvgIpc) is 2.96. The number of hydrogen-bond acceptors (Lipinski definition) is 5. The summed E-state index contributed by atoms with van der Waals surface area (Å²) < 4.78 is 12.7. The highest BCUT2D eigenvalue weighted by Crippen LogP contribution is 2.32. The molecule has 0 aliphatic carbocycles. The van der Waals surface area contributed by atoms with Gasteiger partial charge < -0.3 is 14.4 Å². The number of rotatable bonds is 19. The molecule has 6 nitrogen and oxygen atoms in total. The zero-order valence-corrected chi connectivity index (χ0v) is 28.6. The molecule has 1 aromatic carbocycles. The lowest BCUT2D eigenvalue weighted by Crippen LogP contribution is -2.30. The van der Waals surface area contributed by atoms with Crippen LogP contribution in [-0.2, 0) is 19.1 Å². The van der Waals surface area contributed by atoms with E-state index in [2.05, 4.69) is 99.2 Å². The second-order valence-electron chi connectivity index (χ2n) is 11.9. The fourth-order valence-electron chi connectivity index (χ4n) is 4.94. The maximum absolute atomic E-state index is 12.1. The lowest BCUT2D eigenvalue weighted by atomic mass is 9.89. The summed E-state index contributed by atoms with van der Waals surface area (Å²) in [6, 6.07) is 10.4. The fraction of sp³-hybridized carbons (Fsp3) is 0.500. The van der Waals surface area contributed by atoms with E-state index >= 15 is 0 Å². The first-order valence-electron chi connectivity index (χ1n) is 16.1. The Hall–Kier alpha value is -3.67. The molecule has 0 aliphatic rings. The van der Waals surface area contributed by atoms with Crippen LogP contribution in [0.2, 0.25) is 0 Å². The summed E-state index contributed by atoms with van der Waals surface area (Å²) in [4.78, 5) is 26.4. The molecule has 0 aliphatic heterocycles. The van der Waals surface area contributed by atoms with E-state index in [0.717, 1.165) is 30.0 Å². The third-order valence-corrected chi connectivity index (χ3v) is 6.93. The number of nitrogens with zero attached hydrogens (tertiary/aromatic N) is 2. The van der Waals surface area contributed by atoms with Crippen LogP contribution in [0.5, 0.6) is 0 Å². The van der Waals surface area contributed by atoms with Gasteiger partial charge in [-0.2, -0.15) is 4.58 Å². The summed E-state index contributed by atoms with van der Waals surface area (Å²) in [6.07, 6.45) is 17.4. The van der Waals surface area contributed by atoms with Crippen LogP contribution in [0.3, 0.4) is 0 Å². The molecule has 0 amide bonds. The molecule has 0 heterocycles. The molecule has 0 saturated carbocycles. The first-order valence-corrected chi connectivity index (χ1v) is 16.1. The molecule has 0 fully saturated rings. The molecule has 1 aromatic rings. The van der Waals surface area contributed by atoms with Gasteiger partial charge in [0.25, 0.3) is 0 Å². The minimum atomic E-state index is -0.170. The summed E-state index contributed by atoms with van der Waals surface area (Å²) in [7, 11) is 0. The highest BCUT2D eigenvalue weighted by molar-refractivity contribution is 5.84. The number of hydrogen-bond donors (Lipinski definition) is 0. The van der Waals surface area contributed by atoms with Gasteiger partial charge >= 0.3 is 11.9 Å². The molecule has 0 atom stereocenters. The number of carbonyl (C=O) groups is 2. The SMILES string of the molecule is C=C/C=C(\C=C/C)N(CCCC(=O)OCC)/C(=C/C=CC/C(C(C)C)=[N+](\CCCC(=O)OCC)c1ccccc1)C(C)(C)C. The standard InChI is InChI=1S/C38H57N2O4/c1-10-21-32(22-11-2)40(30-20-28-37(42)44-13-4)35(38(7,8)9)26-18-17-25-34(31(5)6)39(33-23-15-14-16-24-33)29-19-27-36(41)43-12-3/h10-11,14-18,21-24,26,31H,1,12-13,19-20,25,27-30H2,2-9H3/q+1/b18-17?,22-11-,32-21+,35-26+,39-34-. The summed E-state index contributed by atoms with van der Waals surface area (Å²) in [6.45, 7) is 22.9. The Morgan fingerprint density at radius 3 is 2.11 bits per heavy atom. The highest BCUT2D eigenvalue weighted by Gasteiger charge is 2.25. The number of ether oxygens (including phenoxy) is 2. The summed E-state index contributed by atoms with van der Waals surface area (Å²) in [5.74, 6) is -0.0124. The van der Waals surface area contributed by atoms with E-state index in [9.17, 15) is 9.59 Å². The van der Waals surface area contributed by atoms with E-state index < -0.39 is 0 Å². The van der Waals surface area contributed by atoms with Crippen molar-refractivity contribution in [3.05, 3.63) is 90.8 Å². The zero-order valence-electron chi connectivity index (χ0n) is 28.6. The van der Waals surface area contributed by atoms with E-state index in [-0.39, 0.29) is 17.4 Å². The van der Waals surface area contributed by atoms with E-state index in [0.29, 0.717) is 51.4 Å². The van der Waals surface area contributed by atoms with Gasteiger partial charge in [-0.15, -0.1) is 0 Å². The van der Waals surface area contributed by atoms with Crippen LogP contribution in [0.4, 0.5) is 5.69 Å². The van der Waals surface area contributed by atoms with Gasteiger partial charge in [0.1, 0.15) is 6.54 Å². The number of allylic oxidation sites excluding steroid dienone is 8. The molecule has 0 radical (unpaired) electrons. The van der Waals surface area contributed by atoms with Gasteiger partial charge in [0.2, 0.25) is 5.69 Å². The van der Waals surface area contributed by atoms with Gasteiger partial charge in [0, 0.05) is 60.7 Å². The van der Waals surface area contributed by atoms with Gasteiger partial charge in [-0.25, -0.2) is 0 Å². The Morgan fingerprint density at radius 1 is 0.977 bits per heavy atom. The monoisotopic (exact) mass is 605 g/mol. The second kappa shape index (κ2) is 21.1. The Kier molecular flexibility index (Phi) is 18.4. The molecule has 44 heavy (non-hydrogen) atoms. The maximum Gasteiger partial charge on any atom is 0.306 e. The second-order valence-corrected chi connectivity index (χ2v) is 11.9. The summed E-state index contributed by atoms with van der Waals surface area (Å²) >= 11 is 0.